The molecule has 0 atom stereocenters. The molecule has 0 radical (unpaired) electrons. The SMILES string of the molecule is CCCO.CCCO.CCCO.CCOC(=O)C=C(C)O.[Ti]. The summed E-state index contributed by atoms with van der Waals surface area (Å²) in [6, 6.07) is 0. The summed E-state index contributed by atoms with van der Waals surface area (Å²) in [5.41, 5.74) is 0. The van der Waals surface area contributed by atoms with Crippen molar-refractivity contribution in [2.75, 3.05) is 26.4 Å². The molecule has 0 spiro atoms. The third kappa shape index (κ3) is 73.6. The van der Waals surface area contributed by atoms with Crippen molar-refractivity contribution in [1.82, 2.24) is 0 Å². The Hall–Kier alpha value is -0.396. The van der Waals surface area contributed by atoms with E-state index < -0.39 is 5.97 Å². The van der Waals surface area contributed by atoms with E-state index in [9.17, 15) is 4.79 Å². The Labute approximate surface area is 150 Å². The van der Waals surface area contributed by atoms with Gasteiger partial charge in [-0.2, -0.15) is 0 Å². The van der Waals surface area contributed by atoms with Crippen LogP contribution in [0.3, 0.4) is 0 Å². The monoisotopic (exact) mass is 358 g/mol. The van der Waals surface area contributed by atoms with Crippen molar-refractivity contribution in [3.8, 4) is 0 Å². The molecular formula is C15H34O6Ti. The van der Waals surface area contributed by atoms with Gasteiger partial charge in [0.25, 0.3) is 0 Å². The summed E-state index contributed by atoms with van der Waals surface area (Å²) in [6.07, 6.45) is 3.66. The molecule has 0 aliphatic heterocycles. The van der Waals surface area contributed by atoms with Gasteiger partial charge in [0.1, 0.15) is 0 Å². The molecule has 0 bridgehead atoms. The molecule has 0 aromatic carbocycles. The Balaban J connectivity index is -0.0000000632. The number of ether oxygens (including phenoxy) is 1. The Morgan fingerprint density at radius 3 is 1.32 bits per heavy atom. The number of aliphatic hydroxyl groups is 4. The molecule has 0 saturated heterocycles. The third-order valence-corrected chi connectivity index (χ3v) is 1.28. The van der Waals surface area contributed by atoms with Gasteiger partial charge < -0.3 is 25.2 Å². The summed E-state index contributed by atoms with van der Waals surface area (Å²) in [4.78, 5) is 10.4. The predicted molar refractivity (Wildman–Crippen MR) is 85.1 cm³/mol. The minimum atomic E-state index is -0.502. The van der Waals surface area contributed by atoms with Crippen molar-refractivity contribution in [1.29, 1.82) is 0 Å². The molecule has 0 amide bonds. The van der Waals surface area contributed by atoms with Crippen molar-refractivity contribution >= 4 is 5.97 Å². The number of allylic oxidation sites excluding steroid dienone is 1. The third-order valence-electron chi connectivity index (χ3n) is 1.28. The van der Waals surface area contributed by atoms with Crippen LogP contribution >= 0.6 is 0 Å². The summed E-state index contributed by atoms with van der Waals surface area (Å²) >= 11 is 0. The quantitative estimate of drug-likeness (QED) is 0.260. The van der Waals surface area contributed by atoms with Gasteiger partial charge in [-0.1, -0.05) is 20.8 Å². The van der Waals surface area contributed by atoms with E-state index in [1.54, 1.807) is 6.92 Å². The first-order valence-corrected chi connectivity index (χ1v) is 7.27. The van der Waals surface area contributed by atoms with Crippen LogP contribution in [0.15, 0.2) is 11.8 Å². The molecule has 7 heteroatoms. The van der Waals surface area contributed by atoms with E-state index in [1.807, 2.05) is 20.8 Å². The number of esters is 1. The fourth-order valence-electron chi connectivity index (χ4n) is 0.354. The molecule has 0 saturated carbocycles. The van der Waals surface area contributed by atoms with Gasteiger partial charge in [-0.05, 0) is 33.1 Å². The standard InChI is InChI=1S/C6H10O3.3C3H8O.Ti/c1-3-9-6(8)4-5(2)7;3*1-2-3-4;/h4,7H,3H2,1-2H3;3*4H,2-3H2,1H3;. The number of hydrogen-bond acceptors (Lipinski definition) is 6. The van der Waals surface area contributed by atoms with E-state index in [0.29, 0.717) is 26.4 Å². The van der Waals surface area contributed by atoms with Crippen LogP contribution in [0.25, 0.3) is 0 Å². The van der Waals surface area contributed by atoms with Gasteiger partial charge in [0.15, 0.2) is 0 Å². The average Bonchev–Trinajstić information content (AvgIpc) is 2.47. The van der Waals surface area contributed by atoms with Gasteiger partial charge in [-0.3, -0.25) is 0 Å². The predicted octanol–water partition coefficient (Wildman–Crippen LogP) is 2.17. The summed E-state index contributed by atoms with van der Waals surface area (Å²) in [6.45, 7) is 10.2. The molecular weight excluding hydrogens is 324 g/mol. The first-order valence-electron chi connectivity index (χ1n) is 7.27. The molecule has 0 aliphatic rings. The fraction of sp³-hybridized carbons (Fsp3) is 0.800. The van der Waals surface area contributed by atoms with E-state index in [1.165, 1.54) is 6.92 Å². The summed E-state index contributed by atoms with van der Waals surface area (Å²) < 4.78 is 4.48. The molecule has 0 heterocycles. The van der Waals surface area contributed by atoms with E-state index in [0.717, 1.165) is 25.3 Å². The van der Waals surface area contributed by atoms with Crippen LogP contribution in [-0.2, 0) is 31.2 Å². The van der Waals surface area contributed by atoms with Crippen molar-refractivity contribution in [3.63, 3.8) is 0 Å². The molecule has 22 heavy (non-hydrogen) atoms. The molecule has 4 N–H and O–H groups in total. The maximum atomic E-state index is 10.4. The molecule has 6 nitrogen and oxygen atoms in total. The van der Waals surface area contributed by atoms with Gasteiger partial charge in [-0.15, -0.1) is 0 Å². The summed E-state index contributed by atoms with van der Waals surface area (Å²) in [5.74, 6) is -0.536. The van der Waals surface area contributed by atoms with Crippen LogP contribution in [0.4, 0.5) is 0 Å². The molecule has 0 aromatic rings. The minimum absolute atomic E-state index is 0. The number of carbonyl (C=O) groups is 1. The van der Waals surface area contributed by atoms with Crippen LogP contribution in [0.2, 0.25) is 0 Å². The average molecular weight is 358 g/mol. The fourth-order valence-corrected chi connectivity index (χ4v) is 0.354. The number of carbonyl (C=O) groups excluding carboxylic acids is 1. The normalized spacial score (nSPS) is 8.64. The maximum Gasteiger partial charge on any atom is 0.334 e. The van der Waals surface area contributed by atoms with E-state index in [2.05, 4.69) is 4.74 Å². The number of aliphatic hydroxyl groups excluding tert-OH is 4. The summed E-state index contributed by atoms with van der Waals surface area (Å²) in [5, 5.41) is 32.1. The van der Waals surface area contributed by atoms with Gasteiger partial charge >= 0.3 is 5.97 Å². The maximum absolute atomic E-state index is 10.4. The Morgan fingerprint density at radius 2 is 1.18 bits per heavy atom. The molecule has 0 fully saturated rings. The Bertz CT molecular complexity index is 191. The van der Waals surface area contributed by atoms with Gasteiger partial charge in [0.2, 0.25) is 0 Å². The van der Waals surface area contributed by atoms with Crippen molar-refractivity contribution in [2.45, 2.75) is 53.9 Å². The number of rotatable bonds is 5. The van der Waals surface area contributed by atoms with Gasteiger partial charge in [0.05, 0.1) is 18.4 Å². The molecule has 134 valence electrons. The first-order chi connectivity index (χ1) is 9.91. The van der Waals surface area contributed by atoms with Crippen molar-refractivity contribution < 1.29 is 51.7 Å². The van der Waals surface area contributed by atoms with Crippen molar-refractivity contribution in [3.05, 3.63) is 11.8 Å². The first kappa shape index (κ1) is 33.3. The van der Waals surface area contributed by atoms with Crippen LogP contribution < -0.4 is 0 Å². The van der Waals surface area contributed by atoms with Crippen LogP contribution in [0.5, 0.6) is 0 Å². The molecule has 0 unspecified atom stereocenters. The van der Waals surface area contributed by atoms with Crippen LogP contribution in [0, 0.1) is 0 Å². The zero-order chi connectivity index (χ0) is 17.5. The smallest absolute Gasteiger partial charge is 0.334 e. The Morgan fingerprint density at radius 1 is 0.909 bits per heavy atom. The molecule has 0 aromatic heterocycles. The van der Waals surface area contributed by atoms with Gasteiger partial charge in [0, 0.05) is 41.5 Å². The topological polar surface area (TPSA) is 107 Å². The number of hydrogen-bond donors (Lipinski definition) is 4. The second-order valence-corrected chi connectivity index (χ2v) is 3.71. The van der Waals surface area contributed by atoms with E-state index in [4.69, 9.17) is 20.4 Å². The zero-order valence-corrected chi connectivity index (χ0v) is 16.2. The minimum Gasteiger partial charge on any atom is -0.512 e. The second-order valence-electron chi connectivity index (χ2n) is 3.71. The van der Waals surface area contributed by atoms with Crippen LogP contribution in [0.1, 0.15) is 53.9 Å². The van der Waals surface area contributed by atoms with E-state index >= 15 is 0 Å². The Kier molecular flexibility index (Phi) is 56.1. The van der Waals surface area contributed by atoms with Gasteiger partial charge in [-0.25, -0.2) is 4.79 Å². The largest absolute Gasteiger partial charge is 0.512 e. The van der Waals surface area contributed by atoms with Crippen molar-refractivity contribution in [2.24, 2.45) is 0 Å². The zero-order valence-electron chi connectivity index (χ0n) is 14.6. The molecule has 0 rings (SSSR count). The molecule has 0 aliphatic carbocycles. The summed E-state index contributed by atoms with van der Waals surface area (Å²) in [7, 11) is 0. The second kappa shape index (κ2) is 37.1. The van der Waals surface area contributed by atoms with Crippen LogP contribution in [-0.4, -0.2) is 52.8 Å². The van der Waals surface area contributed by atoms with E-state index in [-0.39, 0.29) is 27.5 Å².